The van der Waals surface area contributed by atoms with Crippen LogP contribution in [0.3, 0.4) is 0 Å². The number of thioether (sulfide) groups is 1. The van der Waals surface area contributed by atoms with Crippen LogP contribution < -0.4 is 14.8 Å². The normalized spacial score (nSPS) is 17.8. The Hall–Kier alpha value is -0.870. The van der Waals surface area contributed by atoms with Gasteiger partial charge in [0.2, 0.25) is 0 Å². The Balaban J connectivity index is 1.91. The van der Waals surface area contributed by atoms with Gasteiger partial charge in [-0.25, -0.2) is 0 Å². The number of ether oxygens (including phenoxy) is 2. The van der Waals surface area contributed by atoms with Crippen LogP contribution in [0.1, 0.15) is 25.3 Å². The Morgan fingerprint density at radius 2 is 1.90 bits per heavy atom. The molecule has 0 amide bonds. The Bertz CT molecular complexity index is 419. The topological polar surface area (TPSA) is 30.5 Å². The Morgan fingerprint density at radius 3 is 2.55 bits per heavy atom. The molecule has 1 aromatic rings. The molecule has 1 saturated heterocycles. The quantitative estimate of drug-likeness (QED) is 0.873. The van der Waals surface area contributed by atoms with Crippen molar-refractivity contribution < 1.29 is 9.47 Å². The maximum Gasteiger partial charge on any atom is 0.160 e. The second-order valence-electron chi connectivity index (χ2n) is 5.35. The van der Waals surface area contributed by atoms with Crippen LogP contribution in [-0.4, -0.2) is 37.8 Å². The summed E-state index contributed by atoms with van der Waals surface area (Å²) in [6, 6.07) is 7.36. The van der Waals surface area contributed by atoms with E-state index in [1.54, 1.807) is 14.2 Å². The van der Waals surface area contributed by atoms with E-state index in [4.69, 9.17) is 9.47 Å². The van der Waals surface area contributed by atoms with Crippen LogP contribution in [-0.2, 0) is 6.42 Å². The number of nitrogens with one attached hydrogen (secondary N) is 1. The fraction of sp³-hybridized carbons (Fsp3) is 0.625. The molecule has 0 unspecified atom stereocenters. The van der Waals surface area contributed by atoms with E-state index in [1.165, 1.54) is 29.9 Å². The number of benzene rings is 1. The average molecular weight is 295 g/mol. The summed E-state index contributed by atoms with van der Waals surface area (Å²) in [5, 5.41) is 3.75. The molecule has 0 aliphatic carbocycles. The highest BCUT2D eigenvalue weighted by Gasteiger charge is 2.16. The molecule has 4 heteroatoms. The minimum Gasteiger partial charge on any atom is -0.493 e. The number of methoxy groups -OCH3 is 2. The summed E-state index contributed by atoms with van der Waals surface area (Å²) in [6.07, 6.45) is 3.60. The monoisotopic (exact) mass is 295 g/mol. The minimum atomic E-state index is 0.487. The summed E-state index contributed by atoms with van der Waals surface area (Å²) in [7, 11) is 3.35. The molecule has 2 rings (SSSR count). The molecule has 112 valence electrons. The molecule has 20 heavy (non-hydrogen) atoms. The van der Waals surface area contributed by atoms with Gasteiger partial charge in [0.05, 0.1) is 14.2 Å². The molecule has 0 bridgehead atoms. The van der Waals surface area contributed by atoms with Crippen molar-refractivity contribution in [3.05, 3.63) is 23.8 Å². The number of rotatable bonds is 6. The van der Waals surface area contributed by atoms with E-state index in [9.17, 15) is 0 Å². The summed E-state index contributed by atoms with van der Waals surface area (Å²) >= 11 is 2.07. The van der Waals surface area contributed by atoms with E-state index in [2.05, 4.69) is 36.1 Å². The SMILES string of the molecule is COc1ccc(C[C@@H](C)NC2CCSCC2)cc1OC. The van der Waals surface area contributed by atoms with E-state index in [0.717, 1.165) is 17.9 Å². The summed E-state index contributed by atoms with van der Waals surface area (Å²) in [4.78, 5) is 0. The standard InChI is InChI=1S/C16H25NO2S/c1-12(17-14-6-8-20-9-7-14)10-13-4-5-15(18-2)16(11-13)19-3/h4-5,11-12,14,17H,6-10H2,1-3H3/t12-/m1/s1. The predicted octanol–water partition coefficient (Wildman–Crippen LogP) is 3.12. The first kappa shape index (κ1) is 15.5. The molecule has 0 spiro atoms. The summed E-state index contributed by atoms with van der Waals surface area (Å²) in [5.41, 5.74) is 1.29. The third-order valence-corrected chi connectivity index (χ3v) is 4.78. The fourth-order valence-electron chi connectivity index (χ4n) is 2.69. The van der Waals surface area contributed by atoms with Crippen molar-refractivity contribution in [3.63, 3.8) is 0 Å². The van der Waals surface area contributed by atoms with E-state index in [1.807, 2.05) is 6.07 Å². The first-order valence-corrected chi connectivity index (χ1v) is 8.43. The summed E-state index contributed by atoms with van der Waals surface area (Å²) in [6.45, 7) is 2.26. The molecule has 1 aliphatic heterocycles. The third kappa shape index (κ3) is 4.32. The van der Waals surface area contributed by atoms with Crippen molar-refractivity contribution >= 4 is 11.8 Å². The van der Waals surface area contributed by atoms with Gasteiger partial charge in [-0.05, 0) is 55.4 Å². The predicted molar refractivity (Wildman–Crippen MR) is 86.2 cm³/mol. The van der Waals surface area contributed by atoms with Gasteiger partial charge in [0.15, 0.2) is 11.5 Å². The van der Waals surface area contributed by atoms with Gasteiger partial charge in [-0.2, -0.15) is 11.8 Å². The molecule has 1 aliphatic rings. The lowest BCUT2D eigenvalue weighted by Crippen LogP contribution is -2.39. The van der Waals surface area contributed by atoms with E-state index < -0.39 is 0 Å². The molecular weight excluding hydrogens is 270 g/mol. The number of hydrogen-bond donors (Lipinski definition) is 1. The van der Waals surface area contributed by atoms with Gasteiger partial charge in [-0.15, -0.1) is 0 Å². The molecule has 3 nitrogen and oxygen atoms in total. The van der Waals surface area contributed by atoms with Crippen LogP contribution in [0.4, 0.5) is 0 Å². The molecule has 0 aromatic heterocycles. The maximum atomic E-state index is 5.36. The minimum absolute atomic E-state index is 0.487. The Labute approximate surface area is 126 Å². The van der Waals surface area contributed by atoms with Gasteiger partial charge in [0.25, 0.3) is 0 Å². The zero-order valence-electron chi connectivity index (χ0n) is 12.6. The van der Waals surface area contributed by atoms with Gasteiger partial charge in [0, 0.05) is 12.1 Å². The average Bonchev–Trinajstić information content (AvgIpc) is 2.48. The van der Waals surface area contributed by atoms with Crippen molar-refractivity contribution in [2.45, 2.75) is 38.3 Å². The van der Waals surface area contributed by atoms with Crippen LogP contribution in [0, 0.1) is 0 Å². The van der Waals surface area contributed by atoms with Crippen molar-refractivity contribution in [2.75, 3.05) is 25.7 Å². The Morgan fingerprint density at radius 1 is 1.20 bits per heavy atom. The zero-order chi connectivity index (χ0) is 14.4. The van der Waals surface area contributed by atoms with Crippen molar-refractivity contribution in [3.8, 4) is 11.5 Å². The lowest BCUT2D eigenvalue weighted by Gasteiger charge is -2.26. The van der Waals surface area contributed by atoms with Crippen LogP contribution in [0.2, 0.25) is 0 Å². The Kier molecular flexibility index (Phi) is 6.05. The van der Waals surface area contributed by atoms with Gasteiger partial charge < -0.3 is 14.8 Å². The summed E-state index contributed by atoms with van der Waals surface area (Å²) in [5.74, 6) is 4.19. The molecule has 1 N–H and O–H groups in total. The van der Waals surface area contributed by atoms with Gasteiger partial charge >= 0.3 is 0 Å². The summed E-state index contributed by atoms with van der Waals surface area (Å²) < 4.78 is 10.6. The van der Waals surface area contributed by atoms with Crippen LogP contribution >= 0.6 is 11.8 Å². The molecule has 1 fully saturated rings. The fourth-order valence-corrected chi connectivity index (χ4v) is 3.79. The molecule has 0 saturated carbocycles. The van der Waals surface area contributed by atoms with E-state index in [0.29, 0.717) is 12.1 Å². The van der Waals surface area contributed by atoms with Gasteiger partial charge in [-0.3, -0.25) is 0 Å². The maximum absolute atomic E-state index is 5.36. The molecule has 1 atom stereocenters. The van der Waals surface area contributed by atoms with Crippen LogP contribution in [0.25, 0.3) is 0 Å². The second kappa shape index (κ2) is 7.79. The first-order chi connectivity index (χ1) is 9.72. The van der Waals surface area contributed by atoms with Crippen LogP contribution in [0.5, 0.6) is 11.5 Å². The van der Waals surface area contributed by atoms with Crippen molar-refractivity contribution in [1.82, 2.24) is 5.32 Å². The van der Waals surface area contributed by atoms with Crippen molar-refractivity contribution in [1.29, 1.82) is 0 Å². The smallest absolute Gasteiger partial charge is 0.160 e. The lowest BCUT2D eigenvalue weighted by molar-refractivity contribution is 0.354. The molecular formula is C16H25NO2S. The van der Waals surface area contributed by atoms with Gasteiger partial charge in [-0.1, -0.05) is 6.07 Å². The van der Waals surface area contributed by atoms with E-state index >= 15 is 0 Å². The highest BCUT2D eigenvalue weighted by Crippen LogP contribution is 2.28. The zero-order valence-corrected chi connectivity index (χ0v) is 13.5. The first-order valence-electron chi connectivity index (χ1n) is 7.27. The second-order valence-corrected chi connectivity index (χ2v) is 6.57. The lowest BCUT2D eigenvalue weighted by atomic mass is 10.0. The molecule has 0 radical (unpaired) electrons. The van der Waals surface area contributed by atoms with Crippen molar-refractivity contribution in [2.24, 2.45) is 0 Å². The largest absolute Gasteiger partial charge is 0.493 e. The van der Waals surface area contributed by atoms with Gasteiger partial charge in [0.1, 0.15) is 0 Å². The molecule has 1 aromatic carbocycles. The van der Waals surface area contributed by atoms with Crippen LogP contribution in [0.15, 0.2) is 18.2 Å². The highest BCUT2D eigenvalue weighted by molar-refractivity contribution is 7.99. The number of hydrogen-bond acceptors (Lipinski definition) is 4. The highest BCUT2D eigenvalue weighted by atomic mass is 32.2. The van der Waals surface area contributed by atoms with E-state index in [-0.39, 0.29) is 0 Å². The third-order valence-electron chi connectivity index (χ3n) is 3.73. The molecule has 1 heterocycles.